The van der Waals surface area contributed by atoms with E-state index in [2.05, 4.69) is 9.47 Å². The van der Waals surface area contributed by atoms with Gasteiger partial charge in [-0.1, -0.05) is 30.3 Å². The van der Waals surface area contributed by atoms with E-state index < -0.39 is 29.1 Å². The maximum atomic E-state index is 14.7. The van der Waals surface area contributed by atoms with Crippen molar-refractivity contribution in [2.24, 2.45) is 5.41 Å². The van der Waals surface area contributed by atoms with Crippen molar-refractivity contribution in [2.75, 3.05) is 13.2 Å². The van der Waals surface area contributed by atoms with Crippen LogP contribution in [-0.4, -0.2) is 31.1 Å². The number of hydrogen-bond acceptors (Lipinski definition) is 4. The highest BCUT2D eigenvalue weighted by atomic mass is 19.3. The summed E-state index contributed by atoms with van der Waals surface area (Å²) in [6, 6.07) is 7.51. The van der Waals surface area contributed by atoms with E-state index in [1.165, 1.54) is 38.1 Å². The normalized spacial score (nSPS) is 12.7. The zero-order valence-corrected chi connectivity index (χ0v) is 13.6. The van der Waals surface area contributed by atoms with Crippen molar-refractivity contribution in [3.63, 3.8) is 0 Å². The van der Waals surface area contributed by atoms with E-state index in [0.29, 0.717) is 13.0 Å². The Morgan fingerprint density at radius 2 is 1.50 bits per heavy atom. The van der Waals surface area contributed by atoms with Crippen LogP contribution in [0.15, 0.2) is 36.2 Å². The SMILES string of the molecule is CCOC(=O)C(C)(C(=O)OCC)C(F)(F)/C(F)=C/c1ccccc1. The highest BCUT2D eigenvalue weighted by molar-refractivity contribution is 6.01. The Labute approximate surface area is 138 Å². The van der Waals surface area contributed by atoms with Crippen LogP contribution in [-0.2, 0) is 19.1 Å². The van der Waals surface area contributed by atoms with Crippen molar-refractivity contribution in [3.05, 3.63) is 41.7 Å². The zero-order valence-electron chi connectivity index (χ0n) is 13.6. The average Bonchev–Trinajstić information content (AvgIpc) is 2.55. The summed E-state index contributed by atoms with van der Waals surface area (Å²) in [6.07, 6.45) is 0.566. The fourth-order valence-electron chi connectivity index (χ4n) is 1.92. The Kier molecular flexibility index (Phi) is 6.57. The molecule has 0 saturated carbocycles. The first-order valence-electron chi connectivity index (χ1n) is 7.36. The van der Waals surface area contributed by atoms with Crippen LogP contribution in [0.25, 0.3) is 6.08 Å². The second kappa shape index (κ2) is 7.99. The predicted octanol–water partition coefficient (Wildman–Crippen LogP) is 3.76. The van der Waals surface area contributed by atoms with E-state index in [-0.39, 0.29) is 18.8 Å². The first-order chi connectivity index (χ1) is 11.2. The summed E-state index contributed by atoms with van der Waals surface area (Å²) in [5, 5.41) is 0. The minimum atomic E-state index is -4.44. The van der Waals surface area contributed by atoms with Crippen LogP contribution >= 0.6 is 0 Å². The lowest BCUT2D eigenvalue weighted by Crippen LogP contribution is -2.53. The van der Waals surface area contributed by atoms with E-state index in [4.69, 9.17) is 0 Å². The fraction of sp³-hybridized carbons (Fsp3) is 0.412. The third-order valence-corrected chi connectivity index (χ3v) is 3.39. The maximum absolute atomic E-state index is 14.7. The largest absolute Gasteiger partial charge is 0.465 e. The van der Waals surface area contributed by atoms with Gasteiger partial charge in [0.1, 0.15) is 0 Å². The molecule has 0 N–H and O–H groups in total. The first-order valence-corrected chi connectivity index (χ1v) is 7.36. The van der Waals surface area contributed by atoms with Crippen molar-refractivity contribution in [1.29, 1.82) is 0 Å². The zero-order chi connectivity index (χ0) is 18.4. The lowest BCUT2D eigenvalue weighted by atomic mass is 9.82. The number of rotatable bonds is 7. The summed E-state index contributed by atoms with van der Waals surface area (Å²) in [7, 11) is 0. The first kappa shape index (κ1) is 19.7. The molecule has 24 heavy (non-hydrogen) atoms. The molecule has 0 aromatic heterocycles. The van der Waals surface area contributed by atoms with E-state index >= 15 is 0 Å². The van der Waals surface area contributed by atoms with Crippen LogP contribution in [0.1, 0.15) is 26.3 Å². The van der Waals surface area contributed by atoms with Crippen LogP contribution in [0.5, 0.6) is 0 Å². The summed E-state index contributed by atoms with van der Waals surface area (Å²) in [5.74, 6) is -9.48. The number of hydrogen-bond donors (Lipinski definition) is 0. The number of carbonyl (C=O) groups excluding carboxylic acids is 2. The van der Waals surface area contributed by atoms with E-state index in [0.717, 1.165) is 0 Å². The van der Waals surface area contributed by atoms with Crippen LogP contribution in [0.2, 0.25) is 0 Å². The van der Waals surface area contributed by atoms with Crippen molar-refractivity contribution < 1.29 is 32.2 Å². The van der Waals surface area contributed by atoms with Gasteiger partial charge in [0.15, 0.2) is 5.83 Å². The smallest absolute Gasteiger partial charge is 0.330 e. The van der Waals surface area contributed by atoms with Gasteiger partial charge >= 0.3 is 17.9 Å². The van der Waals surface area contributed by atoms with Crippen LogP contribution < -0.4 is 0 Å². The summed E-state index contributed by atoms with van der Waals surface area (Å²) < 4.78 is 52.7. The number of benzene rings is 1. The Balaban J connectivity index is 3.35. The fourth-order valence-corrected chi connectivity index (χ4v) is 1.92. The summed E-state index contributed by atoms with van der Waals surface area (Å²) in [6.45, 7) is 2.90. The number of allylic oxidation sites excluding steroid dienone is 1. The number of carbonyl (C=O) groups is 2. The van der Waals surface area contributed by atoms with Crippen molar-refractivity contribution >= 4 is 18.0 Å². The molecule has 1 aromatic rings. The molecule has 0 saturated heterocycles. The Morgan fingerprint density at radius 1 is 1.04 bits per heavy atom. The molecular weight excluding hydrogens is 325 g/mol. The van der Waals surface area contributed by atoms with E-state index in [1.807, 2.05) is 0 Å². The van der Waals surface area contributed by atoms with Gasteiger partial charge in [0, 0.05) is 0 Å². The van der Waals surface area contributed by atoms with E-state index in [1.54, 1.807) is 6.07 Å². The number of alkyl halides is 2. The Hall–Kier alpha value is -2.31. The van der Waals surface area contributed by atoms with Crippen molar-refractivity contribution in [3.8, 4) is 0 Å². The molecule has 0 aliphatic rings. The standard InChI is InChI=1S/C17H19F3O4/c1-4-23-14(21)16(3,15(22)24-5-2)17(19,20)13(18)11-12-9-7-6-8-10-12/h6-11H,4-5H2,1-3H3/b13-11-. The predicted molar refractivity (Wildman–Crippen MR) is 81.8 cm³/mol. The molecule has 132 valence electrons. The lowest BCUT2D eigenvalue weighted by Gasteiger charge is -2.31. The van der Waals surface area contributed by atoms with Gasteiger partial charge in [-0.25, -0.2) is 4.39 Å². The van der Waals surface area contributed by atoms with Gasteiger partial charge in [-0.05, 0) is 32.4 Å². The molecule has 7 heteroatoms. The molecular formula is C17H19F3O4. The minimum absolute atomic E-state index is 0.157. The Bertz CT molecular complexity index is 594. The second-order valence-corrected chi connectivity index (χ2v) is 5.04. The summed E-state index contributed by atoms with van der Waals surface area (Å²) >= 11 is 0. The minimum Gasteiger partial charge on any atom is -0.465 e. The molecule has 0 spiro atoms. The van der Waals surface area contributed by atoms with Gasteiger partial charge < -0.3 is 9.47 Å². The Morgan fingerprint density at radius 3 is 1.92 bits per heavy atom. The molecule has 0 aliphatic carbocycles. The molecule has 0 radical (unpaired) electrons. The molecule has 0 heterocycles. The third-order valence-electron chi connectivity index (χ3n) is 3.39. The lowest BCUT2D eigenvalue weighted by molar-refractivity contribution is -0.195. The molecule has 0 bridgehead atoms. The average molecular weight is 344 g/mol. The molecule has 0 aliphatic heterocycles. The van der Waals surface area contributed by atoms with E-state index in [9.17, 15) is 22.8 Å². The van der Waals surface area contributed by atoms with Gasteiger partial charge in [0.05, 0.1) is 13.2 Å². The highest BCUT2D eigenvalue weighted by Crippen LogP contribution is 2.45. The maximum Gasteiger partial charge on any atom is 0.330 e. The van der Waals surface area contributed by atoms with Crippen LogP contribution in [0.3, 0.4) is 0 Å². The molecule has 4 nitrogen and oxygen atoms in total. The van der Waals surface area contributed by atoms with Crippen molar-refractivity contribution in [1.82, 2.24) is 0 Å². The number of halogens is 3. The van der Waals surface area contributed by atoms with Gasteiger partial charge in [-0.2, -0.15) is 8.78 Å². The van der Waals surface area contributed by atoms with Gasteiger partial charge in [-0.3, -0.25) is 9.59 Å². The molecule has 1 rings (SSSR count). The molecule has 0 amide bonds. The second-order valence-electron chi connectivity index (χ2n) is 5.04. The third kappa shape index (κ3) is 3.77. The van der Waals surface area contributed by atoms with Crippen LogP contribution in [0, 0.1) is 5.41 Å². The number of ether oxygens (including phenoxy) is 2. The van der Waals surface area contributed by atoms with Gasteiger partial charge in [0.2, 0.25) is 5.41 Å². The number of esters is 2. The quantitative estimate of drug-likeness (QED) is 0.558. The molecule has 0 unspecified atom stereocenters. The topological polar surface area (TPSA) is 52.6 Å². The molecule has 0 atom stereocenters. The van der Waals surface area contributed by atoms with Crippen molar-refractivity contribution in [2.45, 2.75) is 26.7 Å². The van der Waals surface area contributed by atoms with Gasteiger partial charge in [0.25, 0.3) is 0 Å². The van der Waals surface area contributed by atoms with Crippen LogP contribution in [0.4, 0.5) is 13.2 Å². The summed E-state index contributed by atoms with van der Waals surface area (Å²) in [5.41, 5.74) is -2.97. The monoisotopic (exact) mass is 344 g/mol. The molecule has 1 aromatic carbocycles. The summed E-state index contributed by atoms with van der Waals surface area (Å²) in [4.78, 5) is 24.0. The van der Waals surface area contributed by atoms with Gasteiger partial charge in [-0.15, -0.1) is 0 Å². The molecule has 0 fully saturated rings. The highest BCUT2D eigenvalue weighted by Gasteiger charge is 2.66.